The highest BCUT2D eigenvalue weighted by atomic mass is 16.4. The van der Waals surface area contributed by atoms with Gasteiger partial charge in [-0.25, -0.2) is 4.98 Å². The minimum Gasteiger partial charge on any atom is -0.481 e. The maximum atomic E-state index is 11.8. The Morgan fingerprint density at radius 1 is 1.50 bits per heavy atom. The monoisotopic (exact) mass is 252 g/mol. The van der Waals surface area contributed by atoms with E-state index in [0.29, 0.717) is 18.5 Å². The number of amides is 1. The highest BCUT2D eigenvalue weighted by Crippen LogP contribution is 2.37. The number of hydrogen-bond donors (Lipinski definition) is 2. The van der Waals surface area contributed by atoms with E-state index in [1.165, 1.54) is 6.39 Å². The van der Waals surface area contributed by atoms with Gasteiger partial charge in [0.1, 0.15) is 0 Å². The summed E-state index contributed by atoms with van der Waals surface area (Å²) < 4.78 is 4.96. The van der Waals surface area contributed by atoms with Gasteiger partial charge in [-0.3, -0.25) is 9.59 Å². The van der Waals surface area contributed by atoms with Gasteiger partial charge in [-0.1, -0.05) is 12.8 Å². The van der Waals surface area contributed by atoms with Crippen molar-refractivity contribution in [2.24, 2.45) is 5.41 Å². The number of aryl methyl sites for hydroxylation is 1. The van der Waals surface area contributed by atoms with Crippen molar-refractivity contribution in [1.29, 1.82) is 0 Å². The fourth-order valence-electron chi connectivity index (χ4n) is 2.37. The fourth-order valence-corrected chi connectivity index (χ4v) is 2.37. The van der Waals surface area contributed by atoms with Gasteiger partial charge < -0.3 is 14.8 Å². The molecule has 1 amide bonds. The third-order valence-corrected chi connectivity index (χ3v) is 3.55. The maximum absolute atomic E-state index is 11.8. The van der Waals surface area contributed by atoms with Gasteiger partial charge in [-0.15, -0.1) is 0 Å². The summed E-state index contributed by atoms with van der Waals surface area (Å²) in [6.07, 6.45) is 4.20. The average molecular weight is 252 g/mol. The average Bonchev–Trinajstić information content (AvgIpc) is 2.95. The molecule has 0 radical (unpaired) electrons. The van der Waals surface area contributed by atoms with Crippen molar-refractivity contribution < 1.29 is 19.1 Å². The summed E-state index contributed by atoms with van der Waals surface area (Å²) >= 11 is 0. The Hall–Kier alpha value is -1.85. The molecule has 18 heavy (non-hydrogen) atoms. The third-order valence-electron chi connectivity index (χ3n) is 3.55. The van der Waals surface area contributed by atoms with E-state index in [2.05, 4.69) is 10.3 Å². The number of carboxylic acids is 1. The molecule has 1 aliphatic carbocycles. The zero-order chi connectivity index (χ0) is 13.2. The molecule has 0 saturated heterocycles. The summed E-state index contributed by atoms with van der Waals surface area (Å²) in [5.74, 6) is -1.10. The van der Waals surface area contributed by atoms with Gasteiger partial charge in [0.25, 0.3) is 5.91 Å². The first kappa shape index (κ1) is 12.6. The number of carbonyl (C=O) groups is 2. The molecular formula is C12H16N2O4. The van der Waals surface area contributed by atoms with E-state index in [1.54, 1.807) is 6.92 Å². The van der Waals surface area contributed by atoms with Crippen molar-refractivity contribution >= 4 is 11.9 Å². The lowest BCUT2D eigenvalue weighted by molar-refractivity contribution is -0.148. The van der Waals surface area contributed by atoms with Gasteiger partial charge in [-0.05, 0) is 19.8 Å². The number of nitrogens with one attached hydrogen (secondary N) is 1. The summed E-state index contributed by atoms with van der Waals surface area (Å²) in [6.45, 7) is 1.81. The van der Waals surface area contributed by atoms with Crippen LogP contribution in [0.5, 0.6) is 0 Å². The normalized spacial score (nSPS) is 17.6. The lowest BCUT2D eigenvalue weighted by Gasteiger charge is -2.23. The summed E-state index contributed by atoms with van der Waals surface area (Å²) in [7, 11) is 0. The second kappa shape index (κ2) is 4.80. The number of rotatable bonds is 4. The van der Waals surface area contributed by atoms with E-state index in [4.69, 9.17) is 4.42 Å². The molecule has 0 aromatic carbocycles. The molecule has 0 spiro atoms. The quantitative estimate of drug-likeness (QED) is 0.844. The lowest BCUT2D eigenvalue weighted by atomic mass is 9.86. The lowest BCUT2D eigenvalue weighted by Crippen LogP contribution is -2.41. The highest BCUT2D eigenvalue weighted by Gasteiger charge is 2.41. The van der Waals surface area contributed by atoms with E-state index in [9.17, 15) is 14.7 Å². The van der Waals surface area contributed by atoms with Crippen LogP contribution in [0.1, 0.15) is 41.9 Å². The predicted octanol–water partition coefficient (Wildman–Crippen LogP) is 1.36. The Morgan fingerprint density at radius 3 is 2.67 bits per heavy atom. The number of hydrogen-bond acceptors (Lipinski definition) is 4. The zero-order valence-corrected chi connectivity index (χ0v) is 10.2. The van der Waals surface area contributed by atoms with E-state index < -0.39 is 17.3 Å². The molecule has 1 saturated carbocycles. The molecule has 1 aromatic rings. The van der Waals surface area contributed by atoms with Crippen LogP contribution in [0, 0.1) is 12.3 Å². The standard InChI is InChI=1S/C12H16N2O4/c1-8-9(18-7-14-8)10(15)13-6-12(11(16)17)4-2-3-5-12/h7H,2-6H2,1H3,(H,13,15)(H,16,17). The minimum atomic E-state index is -0.838. The first-order chi connectivity index (χ1) is 8.55. The molecule has 98 valence electrons. The highest BCUT2D eigenvalue weighted by molar-refractivity contribution is 5.92. The number of carbonyl (C=O) groups excluding carboxylic acids is 1. The molecule has 0 aliphatic heterocycles. The van der Waals surface area contributed by atoms with Gasteiger partial charge in [-0.2, -0.15) is 0 Å². The topological polar surface area (TPSA) is 92.4 Å². The Morgan fingerprint density at radius 2 is 2.17 bits per heavy atom. The molecule has 0 bridgehead atoms. The van der Waals surface area contributed by atoms with Crippen LogP contribution < -0.4 is 5.32 Å². The minimum absolute atomic E-state index is 0.140. The number of aliphatic carboxylic acids is 1. The Labute approximate surface area is 104 Å². The molecule has 2 N–H and O–H groups in total. The van der Waals surface area contributed by atoms with Gasteiger partial charge >= 0.3 is 5.97 Å². The van der Waals surface area contributed by atoms with Crippen molar-refractivity contribution in [3.8, 4) is 0 Å². The van der Waals surface area contributed by atoms with E-state index in [-0.39, 0.29) is 12.3 Å². The molecule has 0 atom stereocenters. The van der Waals surface area contributed by atoms with Crippen LogP contribution in [0.4, 0.5) is 0 Å². The molecule has 1 aliphatic rings. The molecule has 1 aromatic heterocycles. The molecule has 2 rings (SSSR count). The molecule has 6 nitrogen and oxygen atoms in total. The smallest absolute Gasteiger partial charge is 0.311 e. The van der Waals surface area contributed by atoms with Gasteiger partial charge in [0.15, 0.2) is 6.39 Å². The number of carboxylic acid groups (broad SMARTS) is 1. The Kier molecular flexibility index (Phi) is 3.36. The molecular weight excluding hydrogens is 236 g/mol. The number of aromatic nitrogens is 1. The van der Waals surface area contributed by atoms with E-state index in [1.807, 2.05) is 0 Å². The number of oxazole rings is 1. The largest absolute Gasteiger partial charge is 0.481 e. The van der Waals surface area contributed by atoms with Crippen LogP contribution in [0.25, 0.3) is 0 Å². The van der Waals surface area contributed by atoms with Crippen LogP contribution in [0.2, 0.25) is 0 Å². The predicted molar refractivity (Wildman–Crippen MR) is 62.1 cm³/mol. The fraction of sp³-hybridized carbons (Fsp3) is 0.583. The third kappa shape index (κ3) is 2.23. The van der Waals surface area contributed by atoms with Crippen LogP contribution in [-0.2, 0) is 4.79 Å². The van der Waals surface area contributed by atoms with Gasteiger partial charge in [0.2, 0.25) is 5.76 Å². The van der Waals surface area contributed by atoms with E-state index in [0.717, 1.165) is 12.8 Å². The summed E-state index contributed by atoms with van der Waals surface area (Å²) in [5.41, 5.74) is -0.313. The summed E-state index contributed by atoms with van der Waals surface area (Å²) in [4.78, 5) is 26.9. The summed E-state index contributed by atoms with van der Waals surface area (Å²) in [6, 6.07) is 0. The molecule has 6 heteroatoms. The first-order valence-electron chi connectivity index (χ1n) is 5.97. The van der Waals surface area contributed by atoms with Crippen molar-refractivity contribution in [3.05, 3.63) is 17.8 Å². The molecule has 1 heterocycles. The van der Waals surface area contributed by atoms with Crippen molar-refractivity contribution in [3.63, 3.8) is 0 Å². The SMILES string of the molecule is Cc1ncoc1C(=O)NCC1(C(=O)O)CCCC1. The Balaban J connectivity index is 2.01. The van der Waals surface area contributed by atoms with Crippen LogP contribution in [-0.4, -0.2) is 28.5 Å². The van der Waals surface area contributed by atoms with Crippen molar-refractivity contribution in [2.75, 3.05) is 6.54 Å². The zero-order valence-electron chi connectivity index (χ0n) is 10.2. The summed E-state index contributed by atoms with van der Waals surface area (Å²) in [5, 5.41) is 11.9. The maximum Gasteiger partial charge on any atom is 0.311 e. The first-order valence-corrected chi connectivity index (χ1v) is 5.97. The van der Waals surface area contributed by atoms with E-state index >= 15 is 0 Å². The second-order valence-corrected chi connectivity index (χ2v) is 4.74. The van der Waals surface area contributed by atoms with Crippen LogP contribution >= 0.6 is 0 Å². The number of nitrogens with zero attached hydrogens (tertiary/aromatic N) is 1. The molecule has 0 unspecified atom stereocenters. The van der Waals surface area contributed by atoms with Crippen LogP contribution in [0.3, 0.4) is 0 Å². The van der Waals surface area contributed by atoms with Crippen molar-refractivity contribution in [2.45, 2.75) is 32.6 Å². The van der Waals surface area contributed by atoms with Gasteiger partial charge in [0.05, 0.1) is 11.1 Å². The second-order valence-electron chi connectivity index (χ2n) is 4.74. The van der Waals surface area contributed by atoms with Gasteiger partial charge in [0, 0.05) is 6.54 Å². The molecule has 1 fully saturated rings. The van der Waals surface area contributed by atoms with Crippen molar-refractivity contribution in [1.82, 2.24) is 10.3 Å². The van der Waals surface area contributed by atoms with Crippen LogP contribution in [0.15, 0.2) is 10.8 Å². The Bertz CT molecular complexity index is 460.